The molecule has 0 aliphatic carbocycles. The molecule has 3 rings (SSSR count). The Morgan fingerprint density at radius 2 is 1.73 bits per heavy atom. The summed E-state index contributed by atoms with van der Waals surface area (Å²) in [6.07, 6.45) is 0. The molecule has 2 amide bonds. The van der Waals surface area contributed by atoms with E-state index >= 15 is 0 Å². The second-order valence-corrected chi connectivity index (χ2v) is 5.54. The van der Waals surface area contributed by atoms with Gasteiger partial charge >= 0.3 is 6.03 Å². The Morgan fingerprint density at radius 1 is 1.00 bits per heavy atom. The van der Waals surface area contributed by atoms with Gasteiger partial charge < -0.3 is 15.4 Å². The number of nitrogens with zero attached hydrogens (tertiary/aromatic N) is 2. The van der Waals surface area contributed by atoms with E-state index in [9.17, 15) is 9.59 Å². The standard InChI is InChI=1S/C19H18N4O3/c1-23-18(24)12-11-15(22-23)13-7-9-14(10-8-13)20-19(25)21-16-5-3-4-6-17(16)26-2/h3-12H,1-2H3,(H2,20,21,25). The van der Waals surface area contributed by atoms with Crippen molar-refractivity contribution in [1.29, 1.82) is 0 Å². The summed E-state index contributed by atoms with van der Waals surface area (Å²) >= 11 is 0. The molecular formula is C19H18N4O3. The summed E-state index contributed by atoms with van der Waals surface area (Å²) in [5, 5.41) is 9.70. The molecule has 2 N–H and O–H groups in total. The number of amides is 2. The summed E-state index contributed by atoms with van der Waals surface area (Å²) in [6, 6.07) is 17.1. The molecule has 0 saturated heterocycles. The van der Waals surface area contributed by atoms with Crippen molar-refractivity contribution in [3.63, 3.8) is 0 Å². The molecule has 0 aliphatic heterocycles. The Labute approximate surface area is 150 Å². The highest BCUT2D eigenvalue weighted by Gasteiger charge is 2.07. The average Bonchev–Trinajstić information content (AvgIpc) is 2.65. The number of ether oxygens (including phenoxy) is 1. The maximum absolute atomic E-state index is 12.2. The van der Waals surface area contributed by atoms with E-state index in [0.717, 1.165) is 5.56 Å². The highest BCUT2D eigenvalue weighted by molar-refractivity contribution is 6.00. The minimum Gasteiger partial charge on any atom is -0.495 e. The molecule has 0 bridgehead atoms. The van der Waals surface area contributed by atoms with Crippen molar-refractivity contribution in [3.8, 4) is 17.0 Å². The highest BCUT2D eigenvalue weighted by atomic mass is 16.5. The van der Waals surface area contributed by atoms with Crippen LogP contribution in [0.3, 0.4) is 0 Å². The Bertz CT molecular complexity index is 981. The number of aryl methyl sites for hydroxylation is 1. The largest absolute Gasteiger partial charge is 0.495 e. The summed E-state index contributed by atoms with van der Waals surface area (Å²) in [5.41, 5.74) is 2.57. The molecule has 3 aromatic rings. The molecule has 0 radical (unpaired) electrons. The van der Waals surface area contributed by atoms with Gasteiger partial charge in [-0.3, -0.25) is 4.79 Å². The fourth-order valence-electron chi connectivity index (χ4n) is 2.41. The fourth-order valence-corrected chi connectivity index (χ4v) is 2.41. The minimum atomic E-state index is -0.373. The van der Waals surface area contributed by atoms with Gasteiger partial charge in [0, 0.05) is 24.4 Å². The van der Waals surface area contributed by atoms with Crippen molar-refractivity contribution in [2.24, 2.45) is 7.05 Å². The van der Waals surface area contributed by atoms with Gasteiger partial charge in [0.1, 0.15) is 5.75 Å². The molecule has 2 aromatic carbocycles. The van der Waals surface area contributed by atoms with Crippen molar-refractivity contribution < 1.29 is 9.53 Å². The zero-order valence-electron chi connectivity index (χ0n) is 14.4. The first-order valence-corrected chi connectivity index (χ1v) is 7.92. The number of aromatic nitrogens is 2. The number of hydrogen-bond acceptors (Lipinski definition) is 4. The fraction of sp³-hybridized carbons (Fsp3) is 0.105. The number of para-hydroxylation sites is 2. The lowest BCUT2D eigenvalue weighted by Crippen LogP contribution is -2.19. The topological polar surface area (TPSA) is 85.3 Å². The molecule has 0 fully saturated rings. The second-order valence-electron chi connectivity index (χ2n) is 5.54. The first kappa shape index (κ1) is 17.2. The molecule has 7 nitrogen and oxygen atoms in total. The summed E-state index contributed by atoms with van der Waals surface area (Å²) in [6.45, 7) is 0. The molecule has 1 heterocycles. The third-order valence-corrected chi connectivity index (χ3v) is 3.75. The number of benzene rings is 2. The first-order valence-electron chi connectivity index (χ1n) is 7.92. The van der Waals surface area contributed by atoms with E-state index in [-0.39, 0.29) is 11.6 Å². The van der Waals surface area contributed by atoms with Gasteiger partial charge in [-0.25, -0.2) is 9.48 Å². The maximum atomic E-state index is 12.2. The predicted molar refractivity (Wildman–Crippen MR) is 101 cm³/mol. The monoisotopic (exact) mass is 350 g/mol. The number of urea groups is 1. The molecule has 0 saturated carbocycles. The number of rotatable bonds is 4. The van der Waals surface area contributed by atoms with Gasteiger partial charge in [-0.15, -0.1) is 0 Å². The van der Waals surface area contributed by atoms with Crippen LogP contribution in [0.15, 0.2) is 65.5 Å². The van der Waals surface area contributed by atoms with Crippen LogP contribution >= 0.6 is 0 Å². The van der Waals surface area contributed by atoms with Gasteiger partial charge in [0.15, 0.2) is 0 Å². The number of hydrogen-bond donors (Lipinski definition) is 2. The van der Waals surface area contributed by atoms with Crippen molar-refractivity contribution >= 4 is 17.4 Å². The second kappa shape index (κ2) is 7.52. The SMILES string of the molecule is COc1ccccc1NC(=O)Nc1ccc(-c2ccc(=O)n(C)n2)cc1. The Balaban J connectivity index is 1.70. The van der Waals surface area contributed by atoms with E-state index in [1.165, 1.54) is 10.7 Å². The maximum Gasteiger partial charge on any atom is 0.323 e. The summed E-state index contributed by atoms with van der Waals surface area (Å²) in [5.74, 6) is 0.582. The Morgan fingerprint density at radius 3 is 2.42 bits per heavy atom. The molecule has 26 heavy (non-hydrogen) atoms. The van der Waals surface area contributed by atoms with Crippen molar-refractivity contribution in [2.75, 3.05) is 17.7 Å². The van der Waals surface area contributed by atoms with Crippen LogP contribution in [0.4, 0.5) is 16.2 Å². The predicted octanol–water partition coefficient (Wildman–Crippen LogP) is 3.10. The van der Waals surface area contributed by atoms with Crippen LogP contribution in [-0.2, 0) is 7.05 Å². The zero-order chi connectivity index (χ0) is 18.5. The average molecular weight is 350 g/mol. The van der Waals surface area contributed by atoms with Crippen LogP contribution in [0.1, 0.15) is 0 Å². The van der Waals surface area contributed by atoms with E-state index in [2.05, 4.69) is 15.7 Å². The van der Waals surface area contributed by atoms with Crippen LogP contribution in [-0.4, -0.2) is 22.9 Å². The van der Waals surface area contributed by atoms with Gasteiger partial charge in [0.05, 0.1) is 18.5 Å². The smallest absolute Gasteiger partial charge is 0.323 e. The van der Waals surface area contributed by atoms with Crippen LogP contribution in [0.2, 0.25) is 0 Å². The quantitative estimate of drug-likeness (QED) is 0.757. The normalized spacial score (nSPS) is 10.2. The van der Waals surface area contributed by atoms with E-state index in [1.807, 2.05) is 24.3 Å². The van der Waals surface area contributed by atoms with Crippen molar-refractivity contribution in [1.82, 2.24) is 9.78 Å². The van der Waals surface area contributed by atoms with Gasteiger partial charge in [-0.1, -0.05) is 24.3 Å². The van der Waals surface area contributed by atoms with Crippen molar-refractivity contribution in [2.45, 2.75) is 0 Å². The van der Waals surface area contributed by atoms with Crippen LogP contribution in [0.25, 0.3) is 11.3 Å². The van der Waals surface area contributed by atoms with Gasteiger partial charge in [-0.05, 0) is 30.3 Å². The minimum absolute atomic E-state index is 0.167. The molecular weight excluding hydrogens is 332 g/mol. The first-order chi connectivity index (χ1) is 12.6. The van der Waals surface area contributed by atoms with Crippen molar-refractivity contribution in [3.05, 3.63) is 71.0 Å². The van der Waals surface area contributed by atoms with Crippen LogP contribution in [0, 0.1) is 0 Å². The number of methoxy groups -OCH3 is 1. The third-order valence-electron chi connectivity index (χ3n) is 3.75. The summed E-state index contributed by atoms with van der Waals surface area (Å²) < 4.78 is 6.49. The lowest BCUT2D eigenvalue weighted by molar-refractivity contribution is 0.262. The summed E-state index contributed by atoms with van der Waals surface area (Å²) in [7, 11) is 3.15. The molecule has 132 valence electrons. The lowest BCUT2D eigenvalue weighted by atomic mass is 10.1. The molecule has 1 aromatic heterocycles. The molecule has 0 atom stereocenters. The molecule has 7 heteroatoms. The molecule has 0 unspecified atom stereocenters. The van der Waals surface area contributed by atoms with E-state index < -0.39 is 0 Å². The van der Waals surface area contributed by atoms with Crippen LogP contribution in [0.5, 0.6) is 5.75 Å². The van der Waals surface area contributed by atoms with Crippen LogP contribution < -0.4 is 20.9 Å². The van der Waals surface area contributed by atoms with E-state index in [0.29, 0.717) is 22.8 Å². The number of carbonyl (C=O) groups excluding carboxylic acids is 1. The Hall–Kier alpha value is -3.61. The zero-order valence-corrected chi connectivity index (χ0v) is 14.4. The number of anilines is 2. The van der Waals surface area contributed by atoms with Gasteiger partial charge in [-0.2, -0.15) is 5.10 Å². The number of nitrogens with one attached hydrogen (secondary N) is 2. The highest BCUT2D eigenvalue weighted by Crippen LogP contribution is 2.23. The van der Waals surface area contributed by atoms with Gasteiger partial charge in [0.2, 0.25) is 0 Å². The lowest BCUT2D eigenvalue weighted by Gasteiger charge is -2.11. The van der Waals surface area contributed by atoms with E-state index in [4.69, 9.17) is 4.74 Å². The number of carbonyl (C=O) groups is 1. The Kier molecular flexibility index (Phi) is 4.98. The van der Waals surface area contributed by atoms with Gasteiger partial charge in [0.25, 0.3) is 5.56 Å². The summed E-state index contributed by atoms with van der Waals surface area (Å²) in [4.78, 5) is 23.6. The third kappa shape index (κ3) is 3.89. The molecule has 0 aliphatic rings. The molecule has 0 spiro atoms. The van der Waals surface area contributed by atoms with E-state index in [1.54, 1.807) is 44.5 Å².